The number of carbonyl (C=O) groups is 1. The zero-order valence-corrected chi connectivity index (χ0v) is 20.1. The van der Waals surface area contributed by atoms with Crippen molar-refractivity contribution in [1.82, 2.24) is 9.78 Å². The molecule has 0 radical (unpaired) electrons. The minimum atomic E-state index is -3.84. The van der Waals surface area contributed by atoms with Crippen LogP contribution in [0.4, 0.5) is 11.5 Å². The molecule has 0 spiro atoms. The zero-order valence-electron chi connectivity index (χ0n) is 19.3. The summed E-state index contributed by atoms with van der Waals surface area (Å²) in [5, 5.41) is 7.34. The number of aromatic nitrogens is 2. The number of rotatable bonds is 7. The van der Waals surface area contributed by atoms with Crippen molar-refractivity contribution < 1.29 is 13.2 Å². The highest BCUT2D eigenvalue weighted by atomic mass is 32.2. The van der Waals surface area contributed by atoms with E-state index in [1.165, 1.54) is 23.5 Å². The quantitative estimate of drug-likeness (QED) is 0.423. The summed E-state index contributed by atoms with van der Waals surface area (Å²) in [5.74, 6) is 0.126. The summed E-state index contributed by atoms with van der Waals surface area (Å²) in [6.45, 7) is 4.29. The fraction of sp³-hybridized carbons (Fsp3) is 0.154. The van der Waals surface area contributed by atoms with Gasteiger partial charge in [-0.3, -0.25) is 9.10 Å². The topological polar surface area (TPSA) is 84.3 Å². The Hall–Kier alpha value is -3.91. The van der Waals surface area contributed by atoms with Gasteiger partial charge in [-0.2, -0.15) is 5.10 Å². The molecule has 1 amide bonds. The first-order valence-corrected chi connectivity index (χ1v) is 12.2. The minimum absolute atomic E-state index is 0.0391. The van der Waals surface area contributed by atoms with Gasteiger partial charge in [-0.15, -0.1) is 0 Å². The van der Waals surface area contributed by atoms with Gasteiger partial charge in [-0.1, -0.05) is 54.1 Å². The summed E-state index contributed by atoms with van der Waals surface area (Å²) in [6, 6.07) is 24.8. The van der Waals surface area contributed by atoms with Gasteiger partial charge in [0.05, 0.1) is 22.8 Å². The van der Waals surface area contributed by atoms with E-state index in [0.29, 0.717) is 18.1 Å². The van der Waals surface area contributed by atoms with Gasteiger partial charge in [0.1, 0.15) is 5.82 Å². The maximum atomic E-state index is 13.2. The lowest BCUT2D eigenvalue weighted by molar-refractivity contribution is 0.102. The van der Waals surface area contributed by atoms with Crippen LogP contribution < -0.4 is 9.62 Å². The van der Waals surface area contributed by atoms with Crippen LogP contribution in [0.5, 0.6) is 0 Å². The van der Waals surface area contributed by atoms with Crippen molar-refractivity contribution in [3.8, 4) is 0 Å². The first kappa shape index (κ1) is 23.3. The minimum Gasteiger partial charge on any atom is -0.307 e. The zero-order chi connectivity index (χ0) is 24.3. The first-order valence-electron chi connectivity index (χ1n) is 10.8. The van der Waals surface area contributed by atoms with Crippen LogP contribution in [0.2, 0.25) is 0 Å². The molecule has 0 aliphatic heterocycles. The van der Waals surface area contributed by atoms with Gasteiger partial charge < -0.3 is 5.32 Å². The number of sulfonamides is 1. The van der Waals surface area contributed by atoms with Crippen molar-refractivity contribution in [2.24, 2.45) is 0 Å². The molecule has 1 N–H and O–H groups in total. The lowest BCUT2D eigenvalue weighted by Gasteiger charge is -2.20. The number of nitrogens with zero attached hydrogens (tertiary/aromatic N) is 3. The van der Waals surface area contributed by atoms with E-state index in [9.17, 15) is 13.2 Å². The largest absolute Gasteiger partial charge is 0.307 e. The van der Waals surface area contributed by atoms with Crippen LogP contribution in [0.25, 0.3) is 0 Å². The third kappa shape index (κ3) is 5.02. The van der Waals surface area contributed by atoms with Crippen molar-refractivity contribution in [2.75, 3.05) is 16.7 Å². The predicted molar refractivity (Wildman–Crippen MR) is 134 cm³/mol. The molecule has 4 aromatic rings. The Morgan fingerprint density at radius 2 is 1.65 bits per heavy atom. The van der Waals surface area contributed by atoms with Gasteiger partial charge in [-0.05, 0) is 49.7 Å². The molecule has 0 aliphatic carbocycles. The molecule has 0 bridgehead atoms. The van der Waals surface area contributed by atoms with E-state index in [2.05, 4.69) is 10.4 Å². The van der Waals surface area contributed by atoms with Crippen molar-refractivity contribution >= 4 is 27.4 Å². The third-order valence-corrected chi connectivity index (χ3v) is 7.25. The van der Waals surface area contributed by atoms with Crippen molar-refractivity contribution in [2.45, 2.75) is 25.3 Å². The summed E-state index contributed by atoms with van der Waals surface area (Å²) in [4.78, 5) is 13.1. The molecule has 0 unspecified atom stereocenters. The summed E-state index contributed by atoms with van der Waals surface area (Å²) >= 11 is 0. The van der Waals surface area contributed by atoms with Crippen molar-refractivity contribution in [3.63, 3.8) is 0 Å². The number of amides is 1. The SMILES string of the molecule is Cc1ccc(N(C)S(=O)(=O)c2cccc(C(=O)Nc3cc(C)nn3Cc3ccccc3)c2)cc1. The predicted octanol–water partition coefficient (Wildman–Crippen LogP) is 4.63. The average molecular weight is 475 g/mol. The number of benzene rings is 3. The lowest BCUT2D eigenvalue weighted by atomic mass is 10.2. The fourth-order valence-electron chi connectivity index (χ4n) is 3.56. The van der Waals surface area contributed by atoms with Crippen LogP contribution in [-0.2, 0) is 16.6 Å². The average Bonchev–Trinajstić information content (AvgIpc) is 3.18. The standard InChI is InChI=1S/C26H26N4O3S/c1-19-12-14-23(15-13-19)29(3)34(32,33)24-11-7-10-22(17-24)26(31)27-25-16-20(2)28-30(25)18-21-8-5-4-6-9-21/h4-17H,18H2,1-3H3,(H,27,31). The first-order chi connectivity index (χ1) is 16.2. The Bertz CT molecular complexity index is 1410. The second kappa shape index (κ2) is 9.52. The van der Waals surface area contributed by atoms with Gasteiger partial charge in [0.2, 0.25) is 0 Å². The Kier molecular flexibility index (Phi) is 6.51. The molecule has 0 saturated carbocycles. The van der Waals surface area contributed by atoms with E-state index in [0.717, 1.165) is 16.8 Å². The third-order valence-electron chi connectivity index (χ3n) is 5.47. The number of carbonyl (C=O) groups excluding carboxylic acids is 1. The molecule has 3 aromatic carbocycles. The molecule has 174 valence electrons. The highest BCUT2D eigenvalue weighted by molar-refractivity contribution is 7.92. The van der Waals surface area contributed by atoms with E-state index in [1.807, 2.05) is 56.3 Å². The second-order valence-electron chi connectivity index (χ2n) is 8.10. The van der Waals surface area contributed by atoms with Crippen LogP contribution in [0.1, 0.15) is 27.2 Å². The number of hydrogen-bond acceptors (Lipinski definition) is 4. The monoisotopic (exact) mass is 474 g/mol. The van der Waals surface area contributed by atoms with E-state index >= 15 is 0 Å². The normalized spacial score (nSPS) is 11.3. The summed E-state index contributed by atoms with van der Waals surface area (Å²) < 4.78 is 29.3. The van der Waals surface area contributed by atoms with E-state index in [-0.39, 0.29) is 10.5 Å². The van der Waals surface area contributed by atoms with Gasteiger partial charge in [0.15, 0.2) is 0 Å². The molecule has 1 aromatic heterocycles. The Balaban J connectivity index is 1.56. The highest BCUT2D eigenvalue weighted by Crippen LogP contribution is 2.23. The fourth-order valence-corrected chi connectivity index (χ4v) is 4.80. The van der Waals surface area contributed by atoms with Gasteiger partial charge in [0, 0.05) is 18.7 Å². The van der Waals surface area contributed by atoms with Gasteiger partial charge >= 0.3 is 0 Å². The van der Waals surface area contributed by atoms with Gasteiger partial charge in [-0.25, -0.2) is 13.1 Å². The van der Waals surface area contributed by atoms with Gasteiger partial charge in [0.25, 0.3) is 15.9 Å². The molecule has 0 atom stereocenters. The number of nitrogens with one attached hydrogen (secondary N) is 1. The smallest absolute Gasteiger partial charge is 0.264 e. The van der Waals surface area contributed by atoms with Crippen LogP contribution in [0.15, 0.2) is 89.8 Å². The highest BCUT2D eigenvalue weighted by Gasteiger charge is 2.23. The Morgan fingerprint density at radius 1 is 0.941 bits per heavy atom. The summed E-state index contributed by atoms with van der Waals surface area (Å²) in [7, 11) is -2.35. The van der Waals surface area contributed by atoms with Crippen LogP contribution in [-0.4, -0.2) is 31.2 Å². The molecular formula is C26H26N4O3S. The second-order valence-corrected chi connectivity index (χ2v) is 10.1. The van der Waals surface area contributed by atoms with E-state index in [1.54, 1.807) is 35.0 Å². The molecular weight excluding hydrogens is 448 g/mol. The van der Waals surface area contributed by atoms with E-state index in [4.69, 9.17) is 0 Å². The van der Waals surface area contributed by atoms with E-state index < -0.39 is 15.9 Å². The molecule has 7 nitrogen and oxygen atoms in total. The number of anilines is 2. The molecule has 0 aliphatic rings. The summed E-state index contributed by atoms with van der Waals surface area (Å²) in [5.41, 5.74) is 3.63. The molecule has 34 heavy (non-hydrogen) atoms. The molecule has 1 heterocycles. The lowest BCUT2D eigenvalue weighted by Crippen LogP contribution is -2.27. The van der Waals surface area contributed by atoms with Crippen LogP contribution in [0.3, 0.4) is 0 Å². The molecule has 8 heteroatoms. The molecule has 4 rings (SSSR count). The number of aryl methyl sites for hydroxylation is 2. The van der Waals surface area contributed by atoms with Crippen molar-refractivity contribution in [1.29, 1.82) is 0 Å². The molecule has 0 saturated heterocycles. The maximum absolute atomic E-state index is 13.2. The maximum Gasteiger partial charge on any atom is 0.264 e. The Morgan fingerprint density at radius 3 is 2.35 bits per heavy atom. The number of hydrogen-bond donors (Lipinski definition) is 1. The van der Waals surface area contributed by atoms with Crippen LogP contribution >= 0.6 is 0 Å². The van der Waals surface area contributed by atoms with Crippen molar-refractivity contribution in [3.05, 3.63) is 107 Å². The molecule has 0 fully saturated rings. The Labute approximate surface area is 199 Å². The van der Waals surface area contributed by atoms with Crippen LogP contribution in [0, 0.1) is 13.8 Å². The summed E-state index contributed by atoms with van der Waals surface area (Å²) in [6.07, 6.45) is 0.